The number of aliphatic hydroxyl groups excluding tert-OH is 1. The fourth-order valence-electron chi connectivity index (χ4n) is 4.44. The van der Waals surface area contributed by atoms with Crippen LogP contribution in [0.15, 0.2) is 11.6 Å². The molecule has 0 amide bonds. The Bertz CT molecular complexity index is 595. The predicted molar refractivity (Wildman–Crippen MR) is 101 cm³/mol. The van der Waals surface area contributed by atoms with E-state index in [1.807, 2.05) is 6.92 Å². The molecule has 26 heavy (non-hydrogen) atoms. The van der Waals surface area contributed by atoms with Crippen molar-refractivity contribution in [1.82, 2.24) is 0 Å². The summed E-state index contributed by atoms with van der Waals surface area (Å²) in [4.78, 5) is 23.3. The SMILES string of the molecule is CCC#CC(C)CCC(=O)[C@H]1[C@@H]2CC(CCCCC(=O)O)=C[C@@H]2C[C@@H]1O. The number of carbonyl (C=O) groups is 2. The van der Waals surface area contributed by atoms with Crippen molar-refractivity contribution in [3.05, 3.63) is 11.6 Å². The predicted octanol–water partition coefficient (Wildman–Crippen LogP) is 3.97. The van der Waals surface area contributed by atoms with Gasteiger partial charge >= 0.3 is 5.97 Å². The van der Waals surface area contributed by atoms with Gasteiger partial charge in [0.2, 0.25) is 0 Å². The second-order valence-corrected chi connectivity index (χ2v) is 7.87. The molecule has 1 unspecified atom stereocenters. The van der Waals surface area contributed by atoms with Crippen LogP contribution in [0.1, 0.15) is 71.6 Å². The first-order valence-corrected chi connectivity index (χ1v) is 10.0. The van der Waals surface area contributed by atoms with Crippen molar-refractivity contribution in [3.63, 3.8) is 0 Å². The van der Waals surface area contributed by atoms with Crippen LogP contribution in [0.5, 0.6) is 0 Å². The first-order chi connectivity index (χ1) is 12.4. The van der Waals surface area contributed by atoms with Gasteiger partial charge in [-0.1, -0.05) is 25.5 Å². The normalized spacial score (nSPS) is 28.0. The number of hydrogen-bond acceptors (Lipinski definition) is 3. The zero-order valence-corrected chi connectivity index (χ0v) is 16.0. The van der Waals surface area contributed by atoms with Crippen molar-refractivity contribution in [1.29, 1.82) is 0 Å². The zero-order chi connectivity index (χ0) is 19.1. The number of carbonyl (C=O) groups excluding carboxylic acids is 1. The lowest BCUT2D eigenvalue weighted by molar-refractivity contribution is -0.137. The molecule has 2 N–H and O–H groups in total. The Balaban J connectivity index is 1.82. The van der Waals surface area contributed by atoms with Crippen molar-refractivity contribution < 1.29 is 19.8 Å². The van der Waals surface area contributed by atoms with Gasteiger partial charge in [0.05, 0.1) is 6.10 Å². The van der Waals surface area contributed by atoms with Crippen LogP contribution in [-0.4, -0.2) is 28.1 Å². The van der Waals surface area contributed by atoms with Crippen LogP contribution in [0.2, 0.25) is 0 Å². The summed E-state index contributed by atoms with van der Waals surface area (Å²) in [5.74, 6) is 6.22. The Morgan fingerprint density at radius 2 is 2.08 bits per heavy atom. The summed E-state index contributed by atoms with van der Waals surface area (Å²) >= 11 is 0. The largest absolute Gasteiger partial charge is 0.481 e. The first-order valence-electron chi connectivity index (χ1n) is 10.0. The average Bonchev–Trinajstić information content (AvgIpc) is 3.10. The number of carboxylic acid groups (broad SMARTS) is 1. The maximum absolute atomic E-state index is 12.7. The Morgan fingerprint density at radius 1 is 1.31 bits per heavy atom. The minimum absolute atomic E-state index is 0.190. The van der Waals surface area contributed by atoms with E-state index in [-0.39, 0.29) is 30.0 Å². The van der Waals surface area contributed by atoms with Crippen molar-refractivity contribution in [3.8, 4) is 11.8 Å². The molecule has 0 aromatic heterocycles. The molecule has 0 spiro atoms. The Labute approximate surface area is 157 Å². The van der Waals surface area contributed by atoms with E-state index in [1.54, 1.807) is 0 Å². The van der Waals surface area contributed by atoms with Crippen LogP contribution in [0, 0.1) is 35.5 Å². The molecule has 0 aromatic rings. The molecule has 0 saturated heterocycles. The Morgan fingerprint density at radius 3 is 2.77 bits per heavy atom. The number of unbranched alkanes of at least 4 members (excludes halogenated alkanes) is 1. The van der Waals surface area contributed by atoms with E-state index >= 15 is 0 Å². The summed E-state index contributed by atoms with van der Waals surface area (Å²) in [6.45, 7) is 4.07. The maximum Gasteiger partial charge on any atom is 0.303 e. The molecule has 2 rings (SSSR count). The molecule has 1 saturated carbocycles. The molecule has 0 heterocycles. The van der Waals surface area contributed by atoms with Crippen LogP contribution in [-0.2, 0) is 9.59 Å². The monoisotopic (exact) mass is 360 g/mol. The number of carboxylic acids is 1. The first kappa shape index (κ1) is 20.7. The molecular formula is C22H32O4. The molecule has 2 aliphatic carbocycles. The van der Waals surface area contributed by atoms with Crippen LogP contribution in [0.4, 0.5) is 0 Å². The van der Waals surface area contributed by atoms with Crippen molar-refractivity contribution in [2.45, 2.75) is 77.7 Å². The van der Waals surface area contributed by atoms with E-state index in [9.17, 15) is 14.7 Å². The lowest BCUT2D eigenvalue weighted by Crippen LogP contribution is -2.28. The molecule has 4 nitrogen and oxygen atoms in total. The third-order valence-electron chi connectivity index (χ3n) is 5.75. The van der Waals surface area contributed by atoms with Gasteiger partial charge in [-0.2, -0.15) is 0 Å². The van der Waals surface area contributed by atoms with Crippen molar-refractivity contribution in [2.24, 2.45) is 23.7 Å². The quantitative estimate of drug-likeness (QED) is 0.371. The summed E-state index contributed by atoms with van der Waals surface area (Å²) in [5.41, 5.74) is 1.34. The highest BCUT2D eigenvalue weighted by molar-refractivity contribution is 5.82. The molecule has 0 bridgehead atoms. The van der Waals surface area contributed by atoms with Gasteiger partial charge in [-0.3, -0.25) is 9.59 Å². The second-order valence-electron chi connectivity index (χ2n) is 7.87. The van der Waals surface area contributed by atoms with Gasteiger partial charge in [0.1, 0.15) is 5.78 Å². The summed E-state index contributed by atoms with van der Waals surface area (Å²) in [6, 6.07) is 0. The summed E-state index contributed by atoms with van der Waals surface area (Å²) in [6.07, 6.45) is 8.12. The molecule has 1 fully saturated rings. The summed E-state index contributed by atoms with van der Waals surface area (Å²) in [7, 11) is 0. The van der Waals surface area contributed by atoms with Crippen LogP contribution >= 0.6 is 0 Å². The van der Waals surface area contributed by atoms with Crippen LogP contribution < -0.4 is 0 Å². The second kappa shape index (κ2) is 9.92. The molecule has 144 valence electrons. The number of hydrogen-bond donors (Lipinski definition) is 2. The highest BCUT2D eigenvalue weighted by Gasteiger charge is 2.47. The van der Waals surface area contributed by atoms with Crippen LogP contribution in [0.25, 0.3) is 0 Å². The van der Waals surface area contributed by atoms with Crippen molar-refractivity contribution >= 4 is 11.8 Å². The molecule has 5 atom stereocenters. The van der Waals surface area contributed by atoms with Gasteiger partial charge in [-0.05, 0) is 50.4 Å². The van der Waals surface area contributed by atoms with E-state index in [2.05, 4.69) is 24.8 Å². The fraction of sp³-hybridized carbons (Fsp3) is 0.727. The number of ketones is 1. The van der Waals surface area contributed by atoms with Crippen molar-refractivity contribution in [2.75, 3.05) is 0 Å². The Kier molecular flexibility index (Phi) is 7.90. The highest BCUT2D eigenvalue weighted by Crippen LogP contribution is 2.48. The number of rotatable bonds is 9. The minimum Gasteiger partial charge on any atom is -0.481 e. The molecule has 4 heteroatoms. The van der Waals surface area contributed by atoms with E-state index in [1.165, 1.54) is 5.57 Å². The van der Waals surface area contributed by atoms with E-state index in [4.69, 9.17) is 5.11 Å². The molecule has 0 aromatic carbocycles. The van der Waals surface area contributed by atoms with Gasteiger partial charge in [0.15, 0.2) is 0 Å². The van der Waals surface area contributed by atoms with Gasteiger partial charge in [-0.25, -0.2) is 0 Å². The molecular weight excluding hydrogens is 328 g/mol. The number of Topliss-reactive ketones (excluding diaryl/α,β-unsaturated/α-hetero) is 1. The highest BCUT2D eigenvalue weighted by atomic mass is 16.4. The summed E-state index contributed by atoms with van der Waals surface area (Å²) < 4.78 is 0. The topological polar surface area (TPSA) is 74.6 Å². The average molecular weight is 360 g/mol. The number of aliphatic carboxylic acids is 1. The van der Waals surface area contributed by atoms with Gasteiger partial charge in [0.25, 0.3) is 0 Å². The smallest absolute Gasteiger partial charge is 0.303 e. The third-order valence-corrected chi connectivity index (χ3v) is 5.75. The van der Waals surface area contributed by atoms with E-state index in [0.29, 0.717) is 25.2 Å². The van der Waals surface area contributed by atoms with Crippen LogP contribution in [0.3, 0.4) is 0 Å². The molecule has 0 aliphatic heterocycles. The molecule has 2 aliphatic rings. The standard InChI is InChI=1S/C22H32O4/c1-3-4-7-15(2)10-11-19(23)22-18-13-16(8-5-6-9-21(25)26)12-17(18)14-20(22)24/h12,15,17-18,20,22,24H,3,5-6,8-11,13-14H2,1-2H3,(H,25,26)/t15?,17-,18-,20+,22-/m1/s1. The zero-order valence-electron chi connectivity index (χ0n) is 16.0. The van der Waals surface area contributed by atoms with Gasteiger partial charge < -0.3 is 10.2 Å². The lowest BCUT2D eigenvalue weighted by Gasteiger charge is -2.21. The lowest BCUT2D eigenvalue weighted by atomic mass is 9.84. The van der Waals surface area contributed by atoms with Gasteiger partial charge in [-0.15, -0.1) is 11.8 Å². The maximum atomic E-state index is 12.7. The number of allylic oxidation sites excluding steroid dienone is 2. The number of aliphatic hydroxyl groups is 1. The number of fused-ring (bicyclic) bond motifs is 1. The third kappa shape index (κ3) is 5.71. The Hall–Kier alpha value is -1.60. The minimum atomic E-state index is -0.742. The molecule has 0 radical (unpaired) electrons. The van der Waals surface area contributed by atoms with E-state index in [0.717, 1.165) is 32.1 Å². The van der Waals surface area contributed by atoms with Gasteiger partial charge in [0, 0.05) is 31.1 Å². The fourth-order valence-corrected chi connectivity index (χ4v) is 4.44. The van der Waals surface area contributed by atoms with E-state index < -0.39 is 12.1 Å². The summed E-state index contributed by atoms with van der Waals surface area (Å²) in [5, 5.41) is 19.1.